The minimum Gasteiger partial charge on any atom is -0.464 e. The van der Waals surface area contributed by atoms with Gasteiger partial charge >= 0.3 is 12.1 Å². The lowest BCUT2D eigenvalue weighted by Gasteiger charge is -2.11. The molecule has 0 fully saturated rings. The summed E-state index contributed by atoms with van der Waals surface area (Å²) in [4.78, 5) is 15.3. The first-order valence-corrected chi connectivity index (χ1v) is 6.59. The Bertz CT molecular complexity index is 778. The van der Waals surface area contributed by atoms with E-state index in [0.29, 0.717) is 11.1 Å². The fourth-order valence-corrected chi connectivity index (χ4v) is 2.18. The van der Waals surface area contributed by atoms with Gasteiger partial charge in [0.25, 0.3) is 0 Å². The number of nitrogens with zero attached hydrogens (tertiary/aromatic N) is 2. The average Bonchev–Trinajstić information content (AvgIpc) is 2.81. The van der Waals surface area contributed by atoms with Crippen LogP contribution in [0.15, 0.2) is 18.3 Å². The number of carbonyl (C=O) groups excluding carboxylic acids is 1. The third-order valence-corrected chi connectivity index (χ3v) is 3.60. The van der Waals surface area contributed by atoms with Crippen molar-refractivity contribution >= 4 is 28.8 Å². The number of halogens is 4. The van der Waals surface area contributed by atoms with E-state index in [1.54, 1.807) is 19.9 Å². The molecule has 0 aromatic carbocycles. The summed E-state index contributed by atoms with van der Waals surface area (Å²) in [5.41, 5.74) is -0.798. The number of alkyl halides is 3. The van der Waals surface area contributed by atoms with Crippen LogP contribution < -0.4 is 0 Å². The number of rotatable bonds is 2. The van der Waals surface area contributed by atoms with Crippen LogP contribution in [0.2, 0.25) is 5.15 Å². The molecule has 0 aliphatic rings. The molecule has 0 radical (unpaired) electrons. The van der Waals surface area contributed by atoms with Gasteiger partial charge in [-0.2, -0.15) is 13.2 Å². The quantitative estimate of drug-likeness (QED) is 0.773. The molecule has 0 saturated carbocycles. The molecule has 0 aliphatic carbocycles. The van der Waals surface area contributed by atoms with Crippen molar-refractivity contribution < 1.29 is 22.7 Å². The highest BCUT2D eigenvalue weighted by Gasteiger charge is 2.36. The molecule has 0 spiro atoms. The molecule has 8 heteroatoms. The Morgan fingerprint density at radius 2 is 2.09 bits per heavy atom. The lowest BCUT2D eigenvalue weighted by molar-refractivity contribution is -0.136. The smallest absolute Gasteiger partial charge is 0.420 e. The van der Waals surface area contributed by atoms with Crippen LogP contribution in [0.3, 0.4) is 0 Å². The van der Waals surface area contributed by atoms with Gasteiger partial charge in [-0.1, -0.05) is 17.7 Å². The second-order valence-electron chi connectivity index (χ2n) is 4.55. The second kappa shape index (κ2) is 5.64. The molecule has 2 aromatic heterocycles. The standard InChI is InChI=1S/C14H12ClF3N2O2/c1-4-7(2)8-5-9(14(16,17)18)12-19-10(13(21)22-3)11(15)20(12)6-8/h4-6H,1-3H3/b7-4-. The number of hydrogen-bond donors (Lipinski definition) is 0. The van der Waals surface area contributed by atoms with Gasteiger partial charge in [-0.05, 0) is 31.1 Å². The Kier molecular flexibility index (Phi) is 4.19. The minimum absolute atomic E-state index is 0.224. The predicted molar refractivity (Wildman–Crippen MR) is 75.9 cm³/mol. The summed E-state index contributed by atoms with van der Waals surface area (Å²) in [5, 5.41) is -0.224. The molecule has 0 unspecified atom stereocenters. The molecule has 0 atom stereocenters. The van der Waals surface area contributed by atoms with Crippen molar-refractivity contribution in [3.63, 3.8) is 0 Å². The van der Waals surface area contributed by atoms with Crippen LogP contribution in [0.25, 0.3) is 11.2 Å². The number of methoxy groups -OCH3 is 1. The van der Waals surface area contributed by atoms with Gasteiger partial charge in [-0.15, -0.1) is 0 Å². The summed E-state index contributed by atoms with van der Waals surface area (Å²) in [6.45, 7) is 3.38. The van der Waals surface area contributed by atoms with Gasteiger partial charge in [-0.3, -0.25) is 4.40 Å². The van der Waals surface area contributed by atoms with E-state index in [1.165, 1.54) is 6.20 Å². The van der Waals surface area contributed by atoms with Gasteiger partial charge < -0.3 is 4.74 Å². The number of aromatic nitrogens is 2. The van der Waals surface area contributed by atoms with Crippen LogP contribution in [-0.4, -0.2) is 22.5 Å². The molecule has 118 valence electrons. The van der Waals surface area contributed by atoms with Crippen LogP contribution >= 0.6 is 11.6 Å². The van der Waals surface area contributed by atoms with Crippen molar-refractivity contribution in [2.24, 2.45) is 0 Å². The minimum atomic E-state index is -4.63. The third kappa shape index (κ3) is 2.68. The molecule has 0 bridgehead atoms. The Labute approximate surface area is 129 Å². The summed E-state index contributed by atoms with van der Waals surface area (Å²) in [6.07, 6.45) is -1.55. The highest BCUT2D eigenvalue weighted by Crippen LogP contribution is 2.36. The molecule has 2 heterocycles. The van der Waals surface area contributed by atoms with Gasteiger partial charge in [-0.25, -0.2) is 9.78 Å². The summed E-state index contributed by atoms with van der Waals surface area (Å²) < 4.78 is 45.3. The van der Waals surface area contributed by atoms with Gasteiger partial charge in [0.05, 0.1) is 12.7 Å². The number of esters is 1. The summed E-state index contributed by atoms with van der Waals surface area (Å²) >= 11 is 5.99. The van der Waals surface area contributed by atoms with E-state index >= 15 is 0 Å². The summed E-state index contributed by atoms with van der Waals surface area (Å²) in [7, 11) is 1.10. The number of imidazole rings is 1. The zero-order valence-electron chi connectivity index (χ0n) is 12.0. The number of fused-ring (bicyclic) bond motifs is 1. The van der Waals surface area contributed by atoms with E-state index in [0.717, 1.165) is 17.6 Å². The molecule has 0 N–H and O–H groups in total. The number of pyridine rings is 1. The van der Waals surface area contributed by atoms with E-state index in [-0.39, 0.29) is 10.8 Å². The lowest BCUT2D eigenvalue weighted by Crippen LogP contribution is -2.09. The Hall–Kier alpha value is -2.02. The van der Waals surface area contributed by atoms with Gasteiger partial charge in [0.2, 0.25) is 0 Å². The number of ether oxygens (including phenoxy) is 1. The van der Waals surface area contributed by atoms with Gasteiger partial charge in [0.15, 0.2) is 11.3 Å². The Morgan fingerprint density at radius 1 is 1.45 bits per heavy atom. The molecule has 22 heavy (non-hydrogen) atoms. The van der Waals surface area contributed by atoms with Crippen molar-refractivity contribution in [3.05, 3.63) is 40.3 Å². The number of allylic oxidation sites excluding steroid dienone is 2. The molecule has 0 saturated heterocycles. The predicted octanol–water partition coefficient (Wildman–Crippen LogP) is 4.22. The molecule has 0 amide bonds. The third-order valence-electron chi connectivity index (χ3n) is 3.23. The van der Waals surface area contributed by atoms with Crippen LogP contribution in [0.4, 0.5) is 13.2 Å². The van der Waals surface area contributed by atoms with Crippen LogP contribution in [-0.2, 0) is 10.9 Å². The zero-order chi connectivity index (χ0) is 16.7. The molecular weight excluding hydrogens is 321 g/mol. The maximum Gasteiger partial charge on any atom is 0.420 e. The molecule has 0 aliphatic heterocycles. The lowest BCUT2D eigenvalue weighted by atomic mass is 10.1. The molecule has 4 nitrogen and oxygen atoms in total. The molecule has 2 rings (SSSR count). The Morgan fingerprint density at radius 3 is 2.59 bits per heavy atom. The van der Waals surface area contributed by atoms with Crippen molar-refractivity contribution in [2.75, 3.05) is 7.11 Å². The first-order chi connectivity index (χ1) is 10.2. The Balaban J connectivity index is 2.88. The molecule has 2 aromatic rings. The normalized spacial score (nSPS) is 12.8. The van der Waals surface area contributed by atoms with E-state index in [9.17, 15) is 18.0 Å². The number of hydrogen-bond acceptors (Lipinski definition) is 3. The van der Waals surface area contributed by atoms with E-state index in [1.807, 2.05) is 0 Å². The van der Waals surface area contributed by atoms with Crippen molar-refractivity contribution in [3.8, 4) is 0 Å². The highest BCUT2D eigenvalue weighted by atomic mass is 35.5. The topological polar surface area (TPSA) is 43.6 Å². The zero-order valence-corrected chi connectivity index (χ0v) is 12.7. The van der Waals surface area contributed by atoms with Crippen molar-refractivity contribution in [1.29, 1.82) is 0 Å². The SMILES string of the molecule is C/C=C(/C)c1cc(C(F)(F)F)c2nc(C(=O)OC)c(Cl)n2c1. The summed E-state index contributed by atoms with van der Waals surface area (Å²) in [6, 6.07) is 0.981. The van der Waals surface area contributed by atoms with E-state index in [2.05, 4.69) is 9.72 Å². The van der Waals surface area contributed by atoms with Crippen LogP contribution in [0.5, 0.6) is 0 Å². The second-order valence-corrected chi connectivity index (χ2v) is 4.91. The number of carbonyl (C=O) groups is 1. The van der Waals surface area contributed by atoms with Gasteiger partial charge in [0, 0.05) is 6.20 Å². The monoisotopic (exact) mass is 332 g/mol. The maximum atomic E-state index is 13.3. The fraction of sp³-hybridized carbons (Fsp3) is 0.286. The largest absolute Gasteiger partial charge is 0.464 e. The van der Waals surface area contributed by atoms with Gasteiger partial charge in [0.1, 0.15) is 5.15 Å². The summed E-state index contributed by atoms with van der Waals surface area (Å²) in [5.74, 6) is -0.897. The van der Waals surface area contributed by atoms with Crippen molar-refractivity contribution in [1.82, 2.24) is 9.38 Å². The van der Waals surface area contributed by atoms with Crippen LogP contribution in [0, 0.1) is 0 Å². The maximum absolute atomic E-state index is 13.3. The first kappa shape index (κ1) is 16.4. The van der Waals surface area contributed by atoms with Crippen LogP contribution in [0.1, 0.15) is 35.5 Å². The highest BCUT2D eigenvalue weighted by molar-refractivity contribution is 6.32. The van der Waals surface area contributed by atoms with E-state index < -0.39 is 23.4 Å². The van der Waals surface area contributed by atoms with E-state index in [4.69, 9.17) is 11.6 Å². The first-order valence-electron chi connectivity index (χ1n) is 6.21. The molecular formula is C14H12ClF3N2O2. The average molecular weight is 333 g/mol. The van der Waals surface area contributed by atoms with Crippen molar-refractivity contribution in [2.45, 2.75) is 20.0 Å². The fourth-order valence-electron chi connectivity index (χ4n) is 1.93.